The number of unbranched alkanes of at least 4 members (excludes halogenated alkanes) is 3. The lowest BCUT2D eigenvalue weighted by atomic mass is 9.89. The van der Waals surface area contributed by atoms with Gasteiger partial charge in [0.1, 0.15) is 5.82 Å². The average Bonchev–Trinajstić information content (AvgIpc) is 2.78. The van der Waals surface area contributed by atoms with E-state index in [2.05, 4.69) is 6.92 Å². The van der Waals surface area contributed by atoms with Crippen LogP contribution in [-0.4, -0.2) is 19.3 Å². The van der Waals surface area contributed by atoms with E-state index in [1.165, 1.54) is 49.9 Å². The van der Waals surface area contributed by atoms with Crippen LogP contribution in [0, 0.1) is 17.5 Å². The molecule has 2 nitrogen and oxygen atoms in total. The smallest absolute Gasteiger partial charge is 0.201 e. The molecule has 1 heterocycles. The fraction of sp³-hybridized carbons (Fsp3) is 0.538. The van der Waals surface area contributed by atoms with E-state index in [-0.39, 0.29) is 22.8 Å². The first-order valence-corrected chi connectivity index (χ1v) is 11.6. The van der Waals surface area contributed by atoms with Crippen molar-refractivity contribution in [2.45, 2.75) is 77.2 Å². The highest BCUT2D eigenvalue weighted by Crippen LogP contribution is 2.35. The quantitative estimate of drug-likeness (QED) is 0.355. The minimum absolute atomic E-state index is 0.0488. The van der Waals surface area contributed by atoms with E-state index in [0.717, 1.165) is 24.8 Å². The fourth-order valence-corrected chi connectivity index (χ4v) is 4.16. The number of hydrogen-bond acceptors (Lipinski definition) is 2. The van der Waals surface area contributed by atoms with E-state index in [1.807, 2.05) is 6.92 Å². The Balaban J connectivity index is 1.65. The van der Waals surface area contributed by atoms with Gasteiger partial charge in [-0.1, -0.05) is 51.7 Å². The van der Waals surface area contributed by atoms with Gasteiger partial charge < -0.3 is 9.47 Å². The summed E-state index contributed by atoms with van der Waals surface area (Å²) < 4.78 is 54.9. The fourth-order valence-electron chi connectivity index (χ4n) is 4.16. The summed E-state index contributed by atoms with van der Waals surface area (Å²) in [6.45, 7) is 4.95. The van der Waals surface area contributed by atoms with Crippen LogP contribution in [-0.2, 0) is 4.74 Å². The summed E-state index contributed by atoms with van der Waals surface area (Å²) in [6.07, 6.45) is 8.91. The number of halogens is 3. The predicted molar refractivity (Wildman–Crippen MR) is 118 cm³/mol. The van der Waals surface area contributed by atoms with Crippen LogP contribution in [0.15, 0.2) is 30.3 Å². The summed E-state index contributed by atoms with van der Waals surface area (Å²) in [4.78, 5) is 0. The second kappa shape index (κ2) is 11.6. The Kier molecular flexibility index (Phi) is 8.82. The molecule has 1 fully saturated rings. The summed E-state index contributed by atoms with van der Waals surface area (Å²) in [7, 11) is 0. The van der Waals surface area contributed by atoms with Crippen LogP contribution in [0.5, 0.6) is 5.75 Å². The van der Waals surface area contributed by atoms with Crippen LogP contribution >= 0.6 is 0 Å². The number of ether oxygens (including phenoxy) is 2. The maximum atomic E-state index is 14.9. The summed E-state index contributed by atoms with van der Waals surface area (Å²) in [5.41, 5.74) is 0.791. The zero-order chi connectivity index (χ0) is 22.2. The molecule has 0 aliphatic carbocycles. The second-order valence-electron chi connectivity index (χ2n) is 8.41. The molecule has 5 heteroatoms. The highest BCUT2D eigenvalue weighted by atomic mass is 19.2. The molecule has 3 rings (SSSR count). The Labute approximate surface area is 183 Å². The molecule has 0 bridgehead atoms. The predicted octanol–water partition coefficient (Wildman–Crippen LogP) is 7.79. The molecule has 0 amide bonds. The topological polar surface area (TPSA) is 18.5 Å². The Morgan fingerprint density at radius 2 is 1.71 bits per heavy atom. The molecular formula is C26H33F3O2. The molecule has 0 spiro atoms. The number of hydrogen-bond donors (Lipinski definition) is 0. The second-order valence-corrected chi connectivity index (χ2v) is 8.41. The van der Waals surface area contributed by atoms with Crippen molar-refractivity contribution in [2.75, 3.05) is 13.2 Å². The largest absolute Gasteiger partial charge is 0.490 e. The molecule has 0 radical (unpaired) electrons. The van der Waals surface area contributed by atoms with Gasteiger partial charge in [-0.25, -0.2) is 8.78 Å². The zero-order valence-electron chi connectivity index (χ0n) is 18.6. The molecule has 2 aromatic rings. The van der Waals surface area contributed by atoms with Gasteiger partial charge in [0.15, 0.2) is 11.6 Å². The van der Waals surface area contributed by atoms with Gasteiger partial charge in [0.25, 0.3) is 0 Å². The highest BCUT2D eigenvalue weighted by molar-refractivity contribution is 5.66. The molecular weight excluding hydrogens is 401 g/mol. The maximum absolute atomic E-state index is 14.9. The standard InChI is InChI=1S/C26H33F3O2/c1-3-5-6-7-8-20-11-9-19(17-31-20)18-10-12-21(23(27)16-18)22-13-14-24(30-15-4-2)26(29)25(22)28/h10,12-14,16,19-20H,3-9,11,15,17H2,1-2H3. The molecule has 0 aromatic heterocycles. The molecule has 2 unspecified atom stereocenters. The third-order valence-corrected chi connectivity index (χ3v) is 6.01. The lowest BCUT2D eigenvalue weighted by Crippen LogP contribution is -2.24. The van der Waals surface area contributed by atoms with E-state index in [9.17, 15) is 13.2 Å². The molecule has 2 atom stereocenters. The van der Waals surface area contributed by atoms with Crippen molar-refractivity contribution in [3.05, 3.63) is 53.3 Å². The third kappa shape index (κ3) is 6.03. The van der Waals surface area contributed by atoms with Crippen molar-refractivity contribution in [3.8, 4) is 16.9 Å². The molecule has 0 saturated carbocycles. The summed E-state index contributed by atoms with van der Waals surface area (Å²) in [5, 5.41) is 0. The van der Waals surface area contributed by atoms with Gasteiger partial charge in [0.2, 0.25) is 5.82 Å². The first-order chi connectivity index (χ1) is 15.0. The van der Waals surface area contributed by atoms with Gasteiger partial charge in [-0.2, -0.15) is 4.39 Å². The van der Waals surface area contributed by atoms with Gasteiger partial charge in [-0.3, -0.25) is 0 Å². The highest BCUT2D eigenvalue weighted by Gasteiger charge is 2.24. The van der Waals surface area contributed by atoms with E-state index < -0.39 is 17.5 Å². The van der Waals surface area contributed by atoms with Crippen LogP contribution < -0.4 is 4.74 Å². The van der Waals surface area contributed by atoms with Crippen LogP contribution in [0.25, 0.3) is 11.1 Å². The molecule has 0 N–H and O–H groups in total. The molecule has 2 aromatic carbocycles. The Morgan fingerprint density at radius 3 is 2.39 bits per heavy atom. The van der Waals surface area contributed by atoms with Crippen molar-refractivity contribution in [1.29, 1.82) is 0 Å². The van der Waals surface area contributed by atoms with Gasteiger partial charge >= 0.3 is 0 Å². The summed E-state index contributed by atoms with van der Waals surface area (Å²) in [6, 6.07) is 7.49. The Morgan fingerprint density at radius 1 is 0.903 bits per heavy atom. The summed E-state index contributed by atoms with van der Waals surface area (Å²) >= 11 is 0. The molecule has 1 aliphatic rings. The van der Waals surface area contributed by atoms with Crippen molar-refractivity contribution in [2.24, 2.45) is 0 Å². The molecule has 1 aliphatic heterocycles. The maximum Gasteiger partial charge on any atom is 0.201 e. The van der Waals surface area contributed by atoms with Crippen LogP contribution in [0.2, 0.25) is 0 Å². The van der Waals surface area contributed by atoms with E-state index in [0.29, 0.717) is 25.7 Å². The SMILES string of the molecule is CCCCCCC1CCC(c2ccc(-c3ccc(OCCC)c(F)c3F)c(F)c2)CO1. The van der Waals surface area contributed by atoms with E-state index in [1.54, 1.807) is 6.07 Å². The zero-order valence-corrected chi connectivity index (χ0v) is 18.6. The van der Waals surface area contributed by atoms with Gasteiger partial charge in [0, 0.05) is 17.0 Å². The number of benzene rings is 2. The van der Waals surface area contributed by atoms with E-state index >= 15 is 0 Å². The van der Waals surface area contributed by atoms with Crippen molar-refractivity contribution >= 4 is 0 Å². The Bertz CT molecular complexity index is 845. The first kappa shape index (κ1) is 23.6. The minimum atomic E-state index is -1.09. The monoisotopic (exact) mass is 434 g/mol. The van der Waals surface area contributed by atoms with Gasteiger partial charge in [0.05, 0.1) is 19.3 Å². The van der Waals surface area contributed by atoms with Crippen LogP contribution in [0.4, 0.5) is 13.2 Å². The lowest BCUT2D eigenvalue weighted by molar-refractivity contribution is -0.00216. The lowest BCUT2D eigenvalue weighted by Gasteiger charge is -2.29. The molecule has 170 valence electrons. The average molecular weight is 435 g/mol. The molecule has 31 heavy (non-hydrogen) atoms. The van der Waals surface area contributed by atoms with Crippen LogP contribution in [0.3, 0.4) is 0 Å². The van der Waals surface area contributed by atoms with E-state index in [4.69, 9.17) is 9.47 Å². The Hall–Kier alpha value is -2.01. The van der Waals surface area contributed by atoms with Crippen molar-refractivity contribution in [1.82, 2.24) is 0 Å². The van der Waals surface area contributed by atoms with Gasteiger partial charge in [-0.05, 0) is 49.4 Å². The normalized spacial score (nSPS) is 18.9. The third-order valence-electron chi connectivity index (χ3n) is 6.01. The van der Waals surface area contributed by atoms with Crippen molar-refractivity contribution < 1.29 is 22.6 Å². The summed E-state index contributed by atoms with van der Waals surface area (Å²) in [5.74, 6) is -2.75. The molecule has 1 saturated heterocycles. The first-order valence-electron chi connectivity index (χ1n) is 11.6. The van der Waals surface area contributed by atoms with Crippen LogP contribution in [0.1, 0.15) is 76.7 Å². The minimum Gasteiger partial charge on any atom is -0.490 e. The number of rotatable bonds is 10. The van der Waals surface area contributed by atoms with Crippen molar-refractivity contribution in [3.63, 3.8) is 0 Å². The van der Waals surface area contributed by atoms with Gasteiger partial charge in [-0.15, -0.1) is 0 Å².